The maximum Gasteiger partial charge on any atom is 1.00 e. The van der Waals surface area contributed by atoms with Crippen LogP contribution < -0.4 is 56.5 Å². The van der Waals surface area contributed by atoms with Crippen LogP contribution in [-0.2, 0) is 9.53 Å². The molecule has 1 fully saturated rings. The molecule has 1 aliphatic rings. The molecule has 0 bridgehead atoms. The number of carboxylic acid groups (broad SMARTS) is 1. The Bertz CT molecular complexity index is 356. The second-order valence-electron chi connectivity index (χ2n) is 2.82. The monoisotopic (exact) mass is 220 g/mol. The topological polar surface area (TPSA) is 52.7 Å². The summed E-state index contributed by atoms with van der Waals surface area (Å²) in [5.41, 5.74) is 0.275. The second kappa shape index (κ2) is 4.83. The quantitative estimate of drug-likeness (QED) is 0.395. The van der Waals surface area contributed by atoms with Crippen LogP contribution in [0.25, 0.3) is 0 Å². The molecule has 5 heteroatoms. The van der Waals surface area contributed by atoms with E-state index in [9.17, 15) is 14.3 Å². The van der Waals surface area contributed by atoms with Crippen LogP contribution in [0.3, 0.4) is 0 Å². The molecule has 68 valence electrons. The van der Waals surface area contributed by atoms with Crippen molar-refractivity contribution in [3.8, 4) is 0 Å². The standard InChI is InChI=1S/C9H7FO3.K/c10-6-4-2-1-3-5(6)7-8(13-7)9(11)12;/h1-4,7-8H,(H,11,12);/q;+1/p-1. The van der Waals surface area contributed by atoms with Gasteiger partial charge in [-0.2, -0.15) is 0 Å². The molecule has 2 unspecified atom stereocenters. The first kappa shape index (κ1) is 12.3. The number of halogens is 1. The molecular weight excluding hydrogens is 214 g/mol. The number of benzene rings is 1. The summed E-state index contributed by atoms with van der Waals surface area (Å²) in [6.45, 7) is 0. The molecule has 0 aliphatic carbocycles. The molecule has 0 spiro atoms. The fourth-order valence-electron chi connectivity index (χ4n) is 1.23. The van der Waals surface area contributed by atoms with Crippen LogP contribution in [0.2, 0.25) is 0 Å². The van der Waals surface area contributed by atoms with Crippen molar-refractivity contribution in [2.24, 2.45) is 0 Å². The maximum absolute atomic E-state index is 13.0. The molecule has 3 nitrogen and oxygen atoms in total. The van der Waals surface area contributed by atoms with Crippen LogP contribution in [0.4, 0.5) is 4.39 Å². The number of hydrogen-bond donors (Lipinski definition) is 0. The Hall–Kier alpha value is 0.216. The van der Waals surface area contributed by atoms with Crippen molar-refractivity contribution in [1.82, 2.24) is 0 Å². The van der Waals surface area contributed by atoms with Crippen LogP contribution in [0.15, 0.2) is 24.3 Å². The van der Waals surface area contributed by atoms with E-state index in [0.717, 1.165) is 0 Å². The van der Waals surface area contributed by atoms with Crippen LogP contribution in [0.5, 0.6) is 0 Å². The first-order valence-electron chi connectivity index (χ1n) is 3.81. The molecule has 0 saturated carbocycles. The molecule has 2 rings (SSSR count). The molecular formula is C9H6FKO3. The van der Waals surface area contributed by atoms with Crippen molar-refractivity contribution in [3.05, 3.63) is 35.6 Å². The number of carboxylic acids is 1. The molecule has 1 aliphatic heterocycles. The summed E-state index contributed by atoms with van der Waals surface area (Å²) in [4.78, 5) is 10.3. The molecule has 1 aromatic rings. The van der Waals surface area contributed by atoms with Gasteiger partial charge < -0.3 is 14.6 Å². The molecule has 1 aromatic carbocycles. The van der Waals surface area contributed by atoms with E-state index in [1.165, 1.54) is 18.2 Å². The van der Waals surface area contributed by atoms with Gasteiger partial charge in [0.05, 0.1) is 5.97 Å². The fraction of sp³-hybridized carbons (Fsp3) is 0.222. The number of rotatable bonds is 2. The fourth-order valence-corrected chi connectivity index (χ4v) is 1.23. The maximum atomic E-state index is 13.0. The minimum Gasteiger partial charge on any atom is -0.547 e. The summed E-state index contributed by atoms with van der Waals surface area (Å²) in [7, 11) is 0. The predicted molar refractivity (Wildman–Crippen MR) is 39.0 cm³/mol. The van der Waals surface area contributed by atoms with E-state index in [-0.39, 0.29) is 56.9 Å². The van der Waals surface area contributed by atoms with E-state index >= 15 is 0 Å². The first-order valence-corrected chi connectivity index (χ1v) is 3.81. The van der Waals surface area contributed by atoms with Crippen molar-refractivity contribution in [3.63, 3.8) is 0 Å². The smallest absolute Gasteiger partial charge is 0.547 e. The van der Waals surface area contributed by atoms with Crippen molar-refractivity contribution < 1.29 is 70.4 Å². The molecule has 0 amide bonds. The Kier molecular flexibility index (Phi) is 4.24. The van der Waals surface area contributed by atoms with Gasteiger partial charge in [-0.15, -0.1) is 0 Å². The van der Waals surface area contributed by atoms with Gasteiger partial charge in [-0.1, -0.05) is 18.2 Å². The minimum atomic E-state index is -1.30. The third-order valence-electron chi connectivity index (χ3n) is 1.94. The number of carbonyl (C=O) groups is 1. The van der Waals surface area contributed by atoms with E-state index in [0.29, 0.717) is 0 Å². The van der Waals surface area contributed by atoms with E-state index in [1.54, 1.807) is 6.07 Å². The van der Waals surface area contributed by atoms with Gasteiger partial charge in [0.2, 0.25) is 0 Å². The van der Waals surface area contributed by atoms with Gasteiger partial charge in [0.15, 0.2) is 0 Å². The van der Waals surface area contributed by atoms with Crippen molar-refractivity contribution in [1.29, 1.82) is 0 Å². The average molecular weight is 220 g/mol. The van der Waals surface area contributed by atoms with E-state index in [4.69, 9.17) is 4.74 Å². The molecule has 1 saturated heterocycles. The van der Waals surface area contributed by atoms with Crippen molar-refractivity contribution in [2.75, 3.05) is 0 Å². The van der Waals surface area contributed by atoms with Crippen LogP contribution in [0.1, 0.15) is 11.7 Å². The summed E-state index contributed by atoms with van der Waals surface area (Å²) in [5, 5.41) is 10.3. The van der Waals surface area contributed by atoms with Crippen LogP contribution in [0, 0.1) is 5.82 Å². The molecule has 14 heavy (non-hydrogen) atoms. The summed E-state index contributed by atoms with van der Waals surface area (Å²) < 4.78 is 17.8. The molecule has 1 heterocycles. The SMILES string of the molecule is O=C([O-])C1OC1c1ccccc1F.[K+]. The van der Waals surface area contributed by atoms with Gasteiger partial charge >= 0.3 is 51.4 Å². The second-order valence-corrected chi connectivity index (χ2v) is 2.82. The summed E-state index contributed by atoms with van der Waals surface area (Å²) in [5.74, 6) is -1.75. The molecule has 2 atom stereocenters. The van der Waals surface area contributed by atoms with E-state index in [1.807, 2.05) is 0 Å². The zero-order chi connectivity index (χ0) is 9.42. The van der Waals surface area contributed by atoms with E-state index in [2.05, 4.69) is 0 Å². The third-order valence-corrected chi connectivity index (χ3v) is 1.94. The van der Waals surface area contributed by atoms with E-state index < -0.39 is 24.0 Å². The Morgan fingerprint density at radius 3 is 2.57 bits per heavy atom. The Morgan fingerprint density at radius 2 is 2.07 bits per heavy atom. The number of epoxide rings is 1. The van der Waals surface area contributed by atoms with Gasteiger partial charge in [0.1, 0.15) is 18.0 Å². The molecule has 0 aromatic heterocycles. The van der Waals surface area contributed by atoms with Gasteiger partial charge in [-0.25, -0.2) is 4.39 Å². The number of carbonyl (C=O) groups excluding carboxylic acids is 1. The minimum absolute atomic E-state index is 0. The first-order chi connectivity index (χ1) is 6.20. The Labute approximate surface area is 123 Å². The van der Waals surface area contributed by atoms with Crippen molar-refractivity contribution >= 4 is 5.97 Å². The van der Waals surface area contributed by atoms with Crippen LogP contribution in [-0.4, -0.2) is 12.1 Å². The van der Waals surface area contributed by atoms with Crippen molar-refractivity contribution in [2.45, 2.75) is 12.2 Å². The number of hydrogen-bond acceptors (Lipinski definition) is 3. The Balaban J connectivity index is 0.000000980. The normalized spacial score (nSPS) is 23.8. The van der Waals surface area contributed by atoms with Crippen LogP contribution >= 0.6 is 0 Å². The summed E-state index contributed by atoms with van der Waals surface area (Å²) in [6.07, 6.45) is -1.66. The Morgan fingerprint density at radius 1 is 1.43 bits per heavy atom. The third kappa shape index (κ3) is 2.42. The number of aliphatic carboxylic acids is 1. The van der Waals surface area contributed by atoms with Gasteiger partial charge in [-0.3, -0.25) is 0 Å². The summed E-state index contributed by atoms with van der Waals surface area (Å²) >= 11 is 0. The van der Waals surface area contributed by atoms with Gasteiger partial charge in [0.25, 0.3) is 0 Å². The van der Waals surface area contributed by atoms with Gasteiger partial charge in [-0.05, 0) is 6.07 Å². The largest absolute Gasteiger partial charge is 1.00 e. The zero-order valence-corrected chi connectivity index (χ0v) is 10.7. The van der Waals surface area contributed by atoms with Gasteiger partial charge in [0, 0.05) is 5.56 Å². The summed E-state index contributed by atoms with van der Waals surface area (Å²) in [6, 6.07) is 5.94. The zero-order valence-electron chi connectivity index (χ0n) is 7.57. The molecule has 0 radical (unpaired) electrons. The molecule has 0 N–H and O–H groups in total. The predicted octanol–water partition coefficient (Wildman–Crippen LogP) is -2.98. The average Bonchev–Trinajstić information content (AvgIpc) is 2.84. The number of ether oxygens (including phenoxy) is 1.